The number of fused-ring (bicyclic) bond motifs is 1. The second kappa shape index (κ2) is 7.76. The van der Waals surface area contributed by atoms with Crippen molar-refractivity contribution in [3.63, 3.8) is 0 Å². The fourth-order valence-corrected chi connectivity index (χ4v) is 4.81. The number of hydrogen-bond donors (Lipinski definition) is 1. The number of nitrogens with one attached hydrogen (secondary N) is 1. The Balaban J connectivity index is 1.70. The van der Waals surface area contributed by atoms with Gasteiger partial charge in [0.15, 0.2) is 0 Å². The van der Waals surface area contributed by atoms with E-state index in [4.69, 9.17) is 0 Å². The van der Waals surface area contributed by atoms with Gasteiger partial charge in [0.05, 0.1) is 11.7 Å². The predicted octanol–water partition coefficient (Wildman–Crippen LogP) is 4.01. The van der Waals surface area contributed by atoms with Crippen molar-refractivity contribution in [3.8, 4) is 0 Å². The number of benzene rings is 1. The van der Waals surface area contributed by atoms with Gasteiger partial charge >= 0.3 is 0 Å². The lowest BCUT2D eigenvalue weighted by molar-refractivity contribution is 0.0726. The molecule has 144 valence electrons. The molecule has 2 aromatic rings. The van der Waals surface area contributed by atoms with Crippen molar-refractivity contribution in [3.05, 3.63) is 51.3 Å². The summed E-state index contributed by atoms with van der Waals surface area (Å²) in [7, 11) is 0. The van der Waals surface area contributed by atoms with Gasteiger partial charge in [0, 0.05) is 23.1 Å². The van der Waals surface area contributed by atoms with E-state index in [1.807, 2.05) is 17.0 Å². The van der Waals surface area contributed by atoms with Crippen molar-refractivity contribution in [1.29, 1.82) is 0 Å². The van der Waals surface area contributed by atoms with Gasteiger partial charge in [-0.15, -0.1) is 0 Å². The highest BCUT2D eigenvalue weighted by molar-refractivity contribution is 9.10. The summed E-state index contributed by atoms with van der Waals surface area (Å²) in [5.74, 6) is 0.568. The van der Waals surface area contributed by atoms with Gasteiger partial charge < -0.3 is 9.80 Å². The van der Waals surface area contributed by atoms with E-state index in [1.54, 1.807) is 0 Å². The van der Waals surface area contributed by atoms with E-state index in [9.17, 15) is 4.79 Å². The smallest absolute Gasteiger partial charge is 0.273 e. The van der Waals surface area contributed by atoms with Crippen molar-refractivity contribution >= 4 is 21.8 Å². The zero-order chi connectivity index (χ0) is 19.0. The minimum absolute atomic E-state index is 0.0711. The molecule has 1 aromatic carbocycles. The molecule has 1 unspecified atom stereocenters. The molecule has 1 amide bonds. The van der Waals surface area contributed by atoms with E-state index in [2.05, 4.69) is 57.0 Å². The van der Waals surface area contributed by atoms with Crippen LogP contribution in [-0.4, -0.2) is 52.1 Å². The van der Waals surface area contributed by atoms with Crippen LogP contribution in [0.2, 0.25) is 0 Å². The lowest BCUT2D eigenvalue weighted by Crippen LogP contribution is -2.37. The molecule has 6 heteroatoms. The SMILES string of the molecule is CC(C)Cc1n[nH]c2c1C(c1ccccc1Br)N(CCN1CCCC1)C2=O. The number of likely N-dealkylation sites (tertiary alicyclic amines) is 1. The Bertz CT molecular complexity index is 825. The van der Waals surface area contributed by atoms with E-state index < -0.39 is 0 Å². The van der Waals surface area contributed by atoms with Gasteiger partial charge in [-0.25, -0.2) is 0 Å². The van der Waals surface area contributed by atoms with Gasteiger partial charge in [-0.1, -0.05) is 48.0 Å². The lowest BCUT2D eigenvalue weighted by atomic mass is 9.95. The molecule has 0 aliphatic carbocycles. The molecule has 1 fully saturated rings. The summed E-state index contributed by atoms with van der Waals surface area (Å²) in [6, 6.07) is 8.16. The average Bonchev–Trinajstić information content (AvgIpc) is 3.33. The minimum atomic E-state index is -0.0711. The third kappa shape index (κ3) is 3.57. The molecule has 0 bridgehead atoms. The highest BCUT2D eigenvalue weighted by atomic mass is 79.9. The molecule has 5 nitrogen and oxygen atoms in total. The molecule has 0 radical (unpaired) electrons. The Hall–Kier alpha value is -1.66. The van der Waals surface area contributed by atoms with Crippen LogP contribution in [0.15, 0.2) is 28.7 Å². The molecule has 1 saturated heterocycles. The maximum atomic E-state index is 13.2. The quantitative estimate of drug-likeness (QED) is 0.752. The van der Waals surface area contributed by atoms with Crippen LogP contribution in [0.5, 0.6) is 0 Å². The molecule has 1 aromatic heterocycles. The van der Waals surface area contributed by atoms with E-state index in [-0.39, 0.29) is 11.9 Å². The first-order valence-corrected chi connectivity index (χ1v) is 10.7. The van der Waals surface area contributed by atoms with Crippen LogP contribution in [0.25, 0.3) is 0 Å². The number of hydrogen-bond acceptors (Lipinski definition) is 3. The molecular formula is C21H27BrN4O. The number of carbonyl (C=O) groups excluding carboxylic acids is 1. The zero-order valence-electron chi connectivity index (χ0n) is 16.0. The van der Waals surface area contributed by atoms with Gasteiger partial charge in [-0.05, 0) is 49.9 Å². The Morgan fingerprint density at radius 1 is 1.22 bits per heavy atom. The highest BCUT2D eigenvalue weighted by Gasteiger charge is 2.42. The number of nitrogens with zero attached hydrogens (tertiary/aromatic N) is 3. The molecule has 0 saturated carbocycles. The third-order valence-electron chi connectivity index (χ3n) is 5.60. The fourth-order valence-electron chi connectivity index (χ4n) is 4.31. The number of aromatic amines is 1. The van der Waals surface area contributed by atoms with Gasteiger partial charge in [-0.3, -0.25) is 9.89 Å². The Morgan fingerprint density at radius 3 is 2.67 bits per heavy atom. The number of amides is 1. The van der Waals surface area contributed by atoms with Crippen LogP contribution < -0.4 is 0 Å². The fraction of sp³-hybridized carbons (Fsp3) is 0.524. The average molecular weight is 431 g/mol. The maximum Gasteiger partial charge on any atom is 0.273 e. The largest absolute Gasteiger partial charge is 0.325 e. The van der Waals surface area contributed by atoms with Gasteiger partial charge in [0.2, 0.25) is 0 Å². The first kappa shape index (κ1) is 18.7. The molecule has 1 atom stereocenters. The highest BCUT2D eigenvalue weighted by Crippen LogP contribution is 2.42. The van der Waals surface area contributed by atoms with E-state index in [0.29, 0.717) is 11.6 Å². The molecule has 2 aliphatic rings. The number of halogens is 1. The standard InChI is InChI=1S/C21H27BrN4O/c1-14(2)13-17-18-19(24-23-17)21(27)26(12-11-25-9-5-6-10-25)20(18)15-7-3-4-8-16(15)22/h3-4,7-8,14,20H,5-6,9-13H2,1-2H3,(H,23,24). The van der Waals surface area contributed by atoms with Gasteiger partial charge in [0.25, 0.3) is 5.91 Å². The van der Waals surface area contributed by atoms with Crippen LogP contribution in [0.4, 0.5) is 0 Å². The lowest BCUT2D eigenvalue weighted by Gasteiger charge is -2.29. The summed E-state index contributed by atoms with van der Waals surface area (Å²) >= 11 is 3.71. The second-order valence-electron chi connectivity index (χ2n) is 8.03. The molecule has 4 rings (SSSR count). The van der Waals surface area contributed by atoms with Gasteiger partial charge in [-0.2, -0.15) is 5.10 Å². The number of aromatic nitrogens is 2. The van der Waals surface area contributed by atoms with Crippen molar-refractivity contribution in [2.45, 2.75) is 39.2 Å². The number of rotatable bonds is 6. The van der Waals surface area contributed by atoms with Crippen LogP contribution in [-0.2, 0) is 6.42 Å². The minimum Gasteiger partial charge on any atom is -0.325 e. The Kier molecular flexibility index (Phi) is 5.37. The van der Waals surface area contributed by atoms with Crippen molar-refractivity contribution in [1.82, 2.24) is 20.0 Å². The van der Waals surface area contributed by atoms with E-state index in [0.717, 1.165) is 53.9 Å². The summed E-state index contributed by atoms with van der Waals surface area (Å²) in [4.78, 5) is 17.7. The monoisotopic (exact) mass is 430 g/mol. The topological polar surface area (TPSA) is 52.2 Å². The first-order valence-electron chi connectivity index (χ1n) is 9.91. The van der Waals surface area contributed by atoms with Gasteiger partial charge in [0.1, 0.15) is 5.69 Å². The van der Waals surface area contributed by atoms with E-state index in [1.165, 1.54) is 12.8 Å². The summed E-state index contributed by atoms with van der Waals surface area (Å²) in [6.45, 7) is 8.35. The summed E-state index contributed by atoms with van der Waals surface area (Å²) < 4.78 is 1.04. The van der Waals surface area contributed by atoms with Crippen LogP contribution in [0.1, 0.15) is 60.0 Å². The molecule has 2 aliphatic heterocycles. The molecule has 3 heterocycles. The van der Waals surface area contributed by atoms with Crippen LogP contribution in [0, 0.1) is 5.92 Å². The maximum absolute atomic E-state index is 13.2. The third-order valence-corrected chi connectivity index (χ3v) is 6.32. The van der Waals surface area contributed by atoms with Crippen LogP contribution in [0.3, 0.4) is 0 Å². The Morgan fingerprint density at radius 2 is 1.96 bits per heavy atom. The number of H-pyrrole nitrogens is 1. The summed E-state index contributed by atoms with van der Waals surface area (Å²) in [5, 5.41) is 7.56. The molecule has 1 N–H and O–H groups in total. The first-order chi connectivity index (χ1) is 13.1. The zero-order valence-corrected chi connectivity index (χ0v) is 17.6. The van der Waals surface area contributed by atoms with Crippen molar-refractivity contribution in [2.75, 3.05) is 26.2 Å². The molecule has 27 heavy (non-hydrogen) atoms. The summed E-state index contributed by atoms with van der Waals surface area (Å²) in [5.41, 5.74) is 3.91. The predicted molar refractivity (Wildman–Crippen MR) is 110 cm³/mol. The Labute approximate surface area is 169 Å². The van der Waals surface area contributed by atoms with Crippen molar-refractivity contribution < 1.29 is 4.79 Å². The summed E-state index contributed by atoms with van der Waals surface area (Å²) in [6.07, 6.45) is 3.41. The second-order valence-corrected chi connectivity index (χ2v) is 8.88. The van der Waals surface area contributed by atoms with Crippen molar-refractivity contribution in [2.24, 2.45) is 5.92 Å². The molecule has 0 spiro atoms. The molecular weight excluding hydrogens is 404 g/mol. The number of carbonyl (C=O) groups is 1. The van der Waals surface area contributed by atoms with E-state index >= 15 is 0 Å². The normalized spacial score (nSPS) is 20.1. The van der Waals surface area contributed by atoms with Crippen LogP contribution >= 0.6 is 15.9 Å².